The summed E-state index contributed by atoms with van der Waals surface area (Å²) in [5.41, 5.74) is 5.11. The highest BCUT2D eigenvalue weighted by Gasteiger charge is 2.16. The summed E-state index contributed by atoms with van der Waals surface area (Å²) in [5, 5.41) is 12.6. The average Bonchev–Trinajstić information content (AvgIpc) is 2.98. The van der Waals surface area contributed by atoms with Crippen molar-refractivity contribution in [3.05, 3.63) is 41.0 Å². The number of aliphatic hydroxyl groups is 1. The Morgan fingerprint density at radius 1 is 1.35 bits per heavy atom. The number of hydrogen-bond donors (Lipinski definition) is 2. The van der Waals surface area contributed by atoms with Crippen molar-refractivity contribution in [3.63, 3.8) is 0 Å². The van der Waals surface area contributed by atoms with Gasteiger partial charge in [0.2, 0.25) is 5.91 Å². The lowest BCUT2D eigenvalue weighted by Gasteiger charge is -2.15. The van der Waals surface area contributed by atoms with Crippen molar-refractivity contribution >= 4 is 17.2 Å². The molecule has 2 atom stereocenters. The summed E-state index contributed by atoms with van der Waals surface area (Å²) in [6, 6.07) is 8.18. The van der Waals surface area contributed by atoms with Gasteiger partial charge in [-0.2, -0.15) is 0 Å². The first-order valence-electron chi connectivity index (χ1n) is 7.96. The van der Waals surface area contributed by atoms with Gasteiger partial charge in [0.25, 0.3) is 0 Å². The average molecular weight is 332 g/mol. The van der Waals surface area contributed by atoms with Crippen LogP contribution < -0.4 is 5.32 Å². The summed E-state index contributed by atoms with van der Waals surface area (Å²) in [4.78, 5) is 17.5. The number of thiazole rings is 1. The second-order valence-corrected chi connectivity index (χ2v) is 6.74. The molecule has 23 heavy (non-hydrogen) atoms. The van der Waals surface area contributed by atoms with Gasteiger partial charge in [0.15, 0.2) is 0 Å². The molecule has 0 saturated carbocycles. The van der Waals surface area contributed by atoms with Gasteiger partial charge in [0.05, 0.1) is 22.2 Å². The van der Waals surface area contributed by atoms with E-state index in [0.717, 1.165) is 16.8 Å². The standard InChI is InChI=1S/C18H24N2O2S/c1-4-16(21)9-12(2)18(22)19-10-14-5-7-15(8-6-14)17-13(3)20-11-23-17/h5-8,11-12,16,21H,4,9-10H2,1-3H3,(H,19,22)/t12-,16-/m0/s1. The largest absolute Gasteiger partial charge is 0.393 e. The second-order valence-electron chi connectivity index (χ2n) is 5.88. The van der Waals surface area contributed by atoms with Crippen LogP contribution in [0.3, 0.4) is 0 Å². The molecule has 0 spiro atoms. The Bertz CT molecular complexity index is 637. The first-order valence-corrected chi connectivity index (χ1v) is 8.84. The summed E-state index contributed by atoms with van der Waals surface area (Å²) >= 11 is 1.63. The molecule has 2 aromatic rings. The van der Waals surface area contributed by atoms with Gasteiger partial charge in [-0.1, -0.05) is 38.1 Å². The van der Waals surface area contributed by atoms with Gasteiger partial charge in [0.1, 0.15) is 0 Å². The van der Waals surface area contributed by atoms with E-state index in [1.165, 1.54) is 4.88 Å². The Morgan fingerprint density at radius 3 is 2.61 bits per heavy atom. The summed E-state index contributed by atoms with van der Waals surface area (Å²) in [6.07, 6.45) is 0.778. The molecular formula is C18H24N2O2S. The number of rotatable bonds is 7. The maximum Gasteiger partial charge on any atom is 0.223 e. The first kappa shape index (κ1) is 17.6. The lowest BCUT2D eigenvalue weighted by atomic mass is 10.0. The van der Waals surface area contributed by atoms with Gasteiger partial charge in [-0.25, -0.2) is 4.98 Å². The molecule has 2 N–H and O–H groups in total. The molecule has 0 radical (unpaired) electrons. The van der Waals surface area contributed by atoms with Crippen LogP contribution in [0.15, 0.2) is 29.8 Å². The molecule has 124 valence electrons. The molecule has 4 nitrogen and oxygen atoms in total. The smallest absolute Gasteiger partial charge is 0.223 e. The molecule has 2 rings (SSSR count). The van der Waals surface area contributed by atoms with Gasteiger partial charge >= 0.3 is 0 Å². The third kappa shape index (κ3) is 4.88. The Labute approximate surface area is 141 Å². The molecule has 1 aromatic carbocycles. The van der Waals surface area contributed by atoms with Crippen molar-refractivity contribution in [1.29, 1.82) is 0 Å². The third-order valence-electron chi connectivity index (χ3n) is 3.97. The number of hydrogen-bond acceptors (Lipinski definition) is 4. The minimum Gasteiger partial charge on any atom is -0.393 e. The second kappa shape index (κ2) is 8.22. The zero-order valence-corrected chi connectivity index (χ0v) is 14.7. The molecule has 0 unspecified atom stereocenters. The van der Waals surface area contributed by atoms with Crippen molar-refractivity contribution in [1.82, 2.24) is 10.3 Å². The van der Waals surface area contributed by atoms with E-state index in [0.29, 0.717) is 19.4 Å². The Hall–Kier alpha value is -1.72. The highest BCUT2D eigenvalue weighted by atomic mass is 32.1. The minimum absolute atomic E-state index is 0.0140. The summed E-state index contributed by atoms with van der Waals surface area (Å²) in [7, 11) is 0. The van der Waals surface area contributed by atoms with Crippen LogP contribution in [-0.2, 0) is 11.3 Å². The molecule has 1 amide bonds. The number of carbonyl (C=O) groups excluding carboxylic acids is 1. The molecule has 5 heteroatoms. The molecule has 1 aromatic heterocycles. The monoisotopic (exact) mass is 332 g/mol. The fourth-order valence-corrected chi connectivity index (χ4v) is 3.21. The zero-order chi connectivity index (χ0) is 16.8. The van der Waals surface area contributed by atoms with Crippen molar-refractivity contribution in [2.24, 2.45) is 5.92 Å². The molecule has 0 bridgehead atoms. The van der Waals surface area contributed by atoms with Crippen molar-refractivity contribution < 1.29 is 9.90 Å². The van der Waals surface area contributed by atoms with E-state index in [2.05, 4.69) is 22.4 Å². The fraction of sp³-hybridized carbons (Fsp3) is 0.444. The Kier molecular flexibility index (Phi) is 6.30. The highest BCUT2D eigenvalue weighted by molar-refractivity contribution is 7.13. The number of aryl methyl sites for hydroxylation is 1. The van der Waals surface area contributed by atoms with Gasteiger partial charge in [-0.05, 0) is 30.9 Å². The van der Waals surface area contributed by atoms with Gasteiger partial charge < -0.3 is 10.4 Å². The number of amides is 1. The molecule has 1 heterocycles. The van der Waals surface area contributed by atoms with Crippen LogP contribution in [0.4, 0.5) is 0 Å². The van der Waals surface area contributed by atoms with Crippen molar-refractivity contribution in [2.75, 3.05) is 0 Å². The summed E-state index contributed by atoms with van der Waals surface area (Å²) in [6.45, 7) is 6.28. The number of nitrogens with one attached hydrogen (secondary N) is 1. The number of carbonyl (C=O) groups is 1. The predicted octanol–water partition coefficient (Wildman–Crippen LogP) is 3.53. The molecule has 0 fully saturated rings. The number of aromatic nitrogens is 1. The maximum atomic E-state index is 12.0. The maximum absolute atomic E-state index is 12.0. The summed E-state index contributed by atoms with van der Waals surface area (Å²) in [5.74, 6) is -0.191. The molecule has 0 aliphatic heterocycles. The van der Waals surface area contributed by atoms with Crippen LogP contribution >= 0.6 is 11.3 Å². The molecule has 0 aliphatic rings. The minimum atomic E-state index is -0.405. The van der Waals surface area contributed by atoms with E-state index in [9.17, 15) is 9.90 Å². The van der Waals surface area contributed by atoms with E-state index in [1.54, 1.807) is 11.3 Å². The predicted molar refractivity (Wildman–Crippen MR) is 94.2 cm³/mol. The molecular weight excluding hydrogens is 308 g/mol. The van der Waals surface area contributed by atoms with Crippen molar-refractivity contribution in [2.45, 2.75) is 46.3 Å². The Morgan fingerprint density at radius 2 is 2.04 bits per heavy atom. The molecule has 0 aliphatic carbocycles. The quantitative estimate of drug-likeness (QED) is 0.815. The summed E-state index contributed by atoms with van der Waals surface area (Å²) < 4.78 is 0. The number of aliphatic hydroxyl groups excluding tert-OH is 1. The van der Waals surface area contributed by atoms with Gasteiger partial charge in [-0.15, -0.1) is 11.3 Å². The van der Waals surface area contributed by atoms with Crippen LogP contribution in [-0.4, -0.2) is 22.1 Å². The lowest BCUT2D eigenvalue weighted by molar-refractivity contribution is -0.125. The van der Waals surface area contributed by atoms with Crippen LogP contribution in [0.2, 0.25) is 0 Å². The molecule has 0 saturated heterocycles. The van der Waals surface area contributed by atoms with Gasteiger partial charge in [-0.3, -0.25) is 4.79 Å². The Balaban J connectivity index is 1.89. The van der Waals surface area contributed by atoms with Crippen LogP contribution in [0.1, 0.15) is 37.9 Å². The normalized spacial score (nSPS) is 13.6. The van der Waals surface area contributed by atoms with E-state index < -0.39 is 6.10 Å². The fourth-order valence-electron chi connectivity index (χ4n) is 2.40. The highest BCUT2D eigenvalue weighted by Crippen LogP contribution is 2.27. The van der Waals surface area contributed by atoms with Crippen LogP contribution in [0, 0.1) is 12.8 Å². The van der Waals surface area contributed by atoms with Crippen LogP contribution in [0.25, 0.3) is 10.4 Å². The topological polar surface area (TPSA) is 62.2 Å². The number of benzene rings is 1. The van der Waals surface area contributed by atoms with Gasteiger partial charge in [0, 0.05) is 12.5 Å². The third-order valence-corrected chi connectivity index (χ3v) is 4.95. The SMILES string of the molecule is CC[C@H](O)C[C@H](C)C(=O)NCc1ccc(-c2scnc2C)cc1. The van der Waals surface area contributed by atoms with E-state index >= 15 is 0 Å². The van der Waals surface area contributed by atoms with Crippen LogP contribution in [0.5, 0.6) is 0 Å². The number of nitrogens with zero attached hydrogens (tertiary/aromatic N) is 1. The zero-order valence-electron chi connectivity index (χ0n) is 13.9. The first-order chi connectivity index (χ1) is 11.0. The van der Waals surface area contributed by atoms with E-state index in [-0.39, 0.29) is 11.8 Å². The lowest BCUT2D eigenvalue weighted by Crippen LogP contribution is -2.30. The van der Waals surface area contributed by atoms with E-state index in [1.807, 2.05) is 38.4 Å². The van der Waals surface area contributed by atoms with E-state index in [4.69, 9.17) is 0 Å². The van der Waals surface area contributed by atoms with Crippen molar-refractivity contribution in [3.8, 4) is 10.4 Å².